The van der Waals surface area contributed by atoms with Gasteiger partial charge in [-0.2, -0.15) is 0 Å². The quantitative estimate of drug-likeness (QED) is 0.890. The van der Waals surface area contributed by atoms with E-state index in [-0.39, 0.29) is 24.3 Å². The van der Waals surface area contributed by atoms with E-state index in [0.29, 0.717) is 0 Å². The molecule has 3 nitrogen and oxygen atoms in total. The number of aryl methyl sites for hydroxylation is 2. The largest absolute Gasteiger partial charge is 0.396 e. The summed E-state index contributed by atoms with van der Waals surface area (Å²) in [6.07, 6.45) is 0. The molecule has 0 heterocycles. The Kier molecular flexibility index (Phi) is 4.91. The highest BCUT2D eigenvalue weighted by atomic mass is 16.3. The fourth-order valence-corrected chi connectivity index (χ4v) is 1.88. The van der Waals surface area contributed by atoms with E-state index < -0.39 is 0 Å². The number of carbonyl (C=O) groups excluding carboxylic acids is 1. The Labute approximate surface area is 109 Å². The Morgan fingerprint density at radius 1 is 1.28 bits per heavy atom. The van der Waals surface area contributed by atoms with Gasteiger partial charge in [-0.25, -0.2) is 0 Å². The summed E-state index contributed by atoms with van der Waals surface area (Å²) < 4.78 is 0. The zero-order chi connectivity index (χ0) is 13.9. The first-order valence-corrected chi connectivity index (χ1v) is 6.34. The van der Waals surface area contributed by atoms with Gasteiger partial charge in [0.2, 0.25) is 5.91 Å². The van der Waals surface area contributed by atoms with Gasteiger partial charge < -0.3 is 10.0 Å². The number of anilines is 1. The predicted molar refractivity (Wildman–Crippen MR) is 74.7 cm³/mol. The maximum absolute atomic E-state index is 12.3. The predicted octanol–water partition coefficient (Wildman–Crippen LogP) is 2.53. The molecule has 0 spiro atoms. The number of benzene rings is 1. The molecule has 0 aromatic heterocycles. The minimum absolute atomic E-state index is 0.0317. The van der Waals surface area contributed by atoms with E-state index in [0.717, 1.165) is 11.3 Å². The molecule has 1 rings (SSSR count). The van der Waals surface area contributed by atoms with Crippen LogP contribution in [0.5, 0.6) is 0 Å². The fourth-order valence-electron chi connectivity index (χ4n) is 1.88. The molecule has 1 unspecified atom stereocenters. The first-order valence-electron chi connectivity index (χ1n) is 6.34. The molecule has 0 aliphatic heterocycles. The van der Waals surface area contributed by atoms with Gasteiger partial charge in [0.25, 0.3) is 0 Å². The summed E-state index contributed by atoms with van der Waals surface area (Å²) in [6, 6.07) is 5.95. The van der Waals surface area contributed by atoms with Crippen LogP contribution >= 0.6 is 0 Å². The van der Waals surface area contributed by atoms with Crippen molar-refractivity contribution in [2.45, 2.75) is 27.7 Å². The molecule has 0 radical (unpaired) electrons. The van der Waals surface area contributed by atoms with Gasteiger partial charge in [-0.3, -0.25) is 4.79 Å². The molecule has 1 amide bonds. The summed E-state index contributed by atoms with van der Waals surface area (Å²) in [5.41, 5.74) is 3.25. The third-order valence-corrected chi connectivity index (χ3v) is 3.53. The summed E-state index contributed by atoms with van der Waals surface area (Å²) in [6.45, 7) is 7.88. The van der Waals surface area contributed by atoms with E-state index in [1.165, 1.54) is 5.56 Å². The molecule has 0 saturated heterocycles. The molecule has 18 heavy (non-hydrogen) atoms. The average molecular weight is 249 g/mol. The zero-order valence-corrected chi connectivity index (χ0v) is 11.9. The average Bonchev–Trinajstić information content (AvgIpc) is 2.32. The number of aliphatic hydroxyl groups excluding tert-OH is 1. The van der Waals surface area contributed by atoms with Gasteiger partial charge in [-0.15, -0.1) is 0 Å². The monoisotopic (exact) mass is 249 g/mol. The lowest BCUT2D eigenvalue weighted by atomic mass is 9.95. The molecule has 1 aromatic carbocycles. The van der Waals surface area contributed by atoms with Crippen LogP contribution in [0.15, 0.2) is 18.2 Å². The summed E-state index contributed by atoms with van der Waals surface area (Å²) in [4.78, 5) is 13.9. The molecule has 0 fully saturated rings. The maximum atomic E-state index is 12.3. The number of rotatable bonds is 4. The zero-order valence-electron chi connectivity index (χ0n) is 11.9. The van der Waals surface area contributed by atoms with E-state index in [2.05, 4.69) is 0 Å². The van der Waals surface area contributed by atoms with Crippen molar-refractivity contribution in [1.29, 1.82) is 0 Å². The van der Waals surface area contributed by atoms with Crippen LogP contribution in [0.1, 0.15) is 25.0 Å². The Morgan fingerprint density at radius 2 is 1.89 bits per heavy atom. The smallest absolute Gasteiger partial charge is 0.232 e. The lowest BCUT2D eigenvalue weighted by molar-refractivity contribution is -0.124. The standard InChI is InChI=1S/C15H23NO2/c1-10(2)14(9-17)15(18)16(5)13-7-6-11(3)12(4)8-13/h6-8,10,14,17H,9H2,1-5H3. The van der Waals surface area contributed by atoms with E-state index in [9.17, 15) is 9.90 Å². The number of aliphatic hydroxyl groups is 1. The first kappa shape index (κ1) is 14.7. The molecule has 0 bridgehead atoms. The van der Waals surface area contributed by atoms with Crippen molar-refractivity contribution in [3.63, 3.8) is 0 Å². The minimum atomic E-state index is -0.336. The van der Waals surface area contributed by atoms with Gasteiger partial charge in [0, 0.05) is 12.7 Å². The highest BCUT2D eigenvalue weighted by Crippen LogP contribution is 2.21. The van der Waals surface area contributed by atoms with Crippen LogP contribution in [0.25, 0.3) is 0 Å². The number of nitrogens with zero attached hydrogens (tertiary/aromatic N) is 1. The van der Waals surface area contributed by atoms with Crippen molar-refractivity contribution in [1.82, 2.24) is 0 Å². The normalized spacial score (nSPS) is 12.6. The fraction of sp³-hybridized carbons (Fsp3) is 0.533. The second kappa shape index (κ2) is 6.01. The van der Waals surface area contributed by atoms with Crippen molar-refractivity contribution in [3.05, 3.63) is 29.3 Å². The summed E-state index contributed by atoms with van der Waals surface area (Å²) >= 11 is 0. The first-order chi connectivity index (χ1) is 8.38. The minimum Gasteiger partial charge on any atom is -0.396 e. The molecule has 1 aromatic rings. The number of hydrogen-bond acceptors (Lipinski definition) is 2. The third-order valence-electron chi connectivity index (χ3n) is 3.53. The number of amides is 1. The lowest BCUT2D eigenvalue weighted by Gasteiger charge is -2.25. The van der Waals surface area contributed by atoms with Crippen LogP contribution < -0.4 is 4.90 Å². The van der Waals surface area contributed by atoms with E-state index in [4.69, 9.17) is 0 Å². The second-order valence-electron chi connectivity index (χ2n) is 5.20. The van der Waals surface area contributed by atoms with Gasteiger partial charge in [0.1, 0.15) is 0 Å². The number of carbonyl (C=O) groups is 1. The van der Waals surface area contributed by atoms with Crippen molar-refractivity contribution in [2.24, 2.45) is 11.8 Å². The molecule has 1 N–H and O–H groups in total. The highest BCUT2D eigenvalue weighted by molar-refractivity contribution is 5.94. The van der Waals surface area contributed by atoms with Gasteiger partial charge in [-0.05, 0) is 43.0 Å². The van der Waals surface area contributed by atoms with Crippen LogP contribution in [0.2, 0.25) is 0 Å². The van der Waals surface area contributed by atoms with E-state index in [1.807, 2.05) is 45.9 Å². The topological polar surface area (TPSA) is 40.5 Å². The van der Waals surface area contributed by atoms with Gasteiger partial charge in [0.05, 0.1) is 12.5 Å². The van der Waals surface area contributed by atoms with Crippen LogP contribution in [-0.4, -0.2) is 24.7 Å². The Morgan fingerprint density at radius 3 is 2.33 bits per heavy atom. The highest BCUT2D eigenvalue weighted by Gasteiger charge is 2.25. The Hall–Kier alpha value is -1.35. The molecule has 1 atom stereocenters. The summed E-state index contributed by atoms with van der Waals surface area (Å²) in [5.74, 6) is -0.233. The van der Waals surface area contributed by atoms with Crippen molar-refractivity contribution >= 4 is 11.6 Å². The molecule has 0 aliphatic rings. The SMILES string of the molecule is Cc1ccc(N(C)C(=O)C(CO)C(C)C)cc1C. The Bertz CT molecular complexity index is 427. The van der Waals surface area contributed by atoms with Crippen LogP contribution in [0.3, 0.4) is 0 Å². The molecule has 100 valence electrons. The molecule has 3 heteroatoms. The lowest BCUT2D eigenvalue weighted by Crippen LogP contribution is -2.37. The summed E-state index contributed by atoms with van der Waals surface area (Å²) in [5, 5.41) is 9.31. The Balaban J connectivity index is 2.95. The van der Waals surface area contributed by atoms with Gasteiger partial charge in [-0.1, -0.05) is 19.9 Å². The molecule has 0 aliphatic carbocycles. The third kappa shape index (κ3) is 3.10. The van der Waals surface area contributed by atoms with Crippen molar-refractivity contribution in [3.8, 4) is 0 Å². The van der Waals surface area contributed by atoms with Crippen LogP contribution in [0.4, 0.5) is 5.69 Å². The molecule has 0 saturated carbocycles. The van der Waals surface area contributed by atoms with Gasteiger partial charge >= 0.3 is 0 Å². The van der Waals surface area contributed by atoms with Crippen LogP contribution in [-0.2, 0) is 4.79 Å². The van der Waals surface area contributed by atoms with Crippen LogP contribution in [0, 0.1) is 25.7 Å². The second-order valence-corrected chi connectivity index (χ2v) is 5.20. The van der Waals surface area contributed by atoms with Crippen molar-refractivity contribution in [2.75, 3.05) is 18.6 Å². The molecular formula is C15H23NO2. The number of hydrogen-bond donors (Lipinski definition) is 1. The van der Waals surface area contributed by atoms with Gasteiger partial charge in [0.15, 0.2) is 0 Å². The van der Waals surface area contributed by atoms with Crippen molar-refractivity contribution < 1.29 is 9.90 Å². The van der Waals surface area contributed by atoms with E-state index in [1.54, 1.807) is 11.9 Å². The maximum Gasteiger partial charge on any atom is 0.232 e. The molecular weight excluding hydrogens is 226 g/mol. The summed E-state index contributed by atoms with van der Waals surface area (Å²) in [7, 11) is 1.76. The van der Waals surface area contributed by atoms with E-state index >= 15 is 0 Å².